The van der Waals surface area contributed by atoms with E-state index in [1.165, 1.54) is 11.8 Å². The third kappa shape index (κ3) is 3.72. The monoisotopic (exact) mass is 245 g/mol. The topological polar surface area (TPSA) is 39.2 Å². The van der Waals surface area contributed by atoms with Gasteiger partial charge in [0.05, 0.1) is 11.6 Å². The van der Waals surface area contributed by atoms with Crippen LogP contribution in [0.4, 0.5) is 0 Å². The number of ether oxygens (including phenoxy) is 1. The van der Waals surface area contributed by atoms with E-state index in [0.717, 1.165) is 0 Å². The Morgan fingerprint density at radius 1 is 1.73 bits per heavy atom. The first-order valence-corrected chi connectivity index (χ1v) is 5.84. The summed E-state index contributed by atoms with van der Waals surface area (Å²) in [4.78, 5) is 15.4. The largest absolute Gasteiger partial charge is 0.465 e. The number of carbonyl (C=O) groups is 1. The van der Waals surface area contributed by atoms with E-state index in [9.17, 15) is 4.79 Å². The molecule has 1 heterocycles. The Kier molecular flexibility index (Phi) is 4.91. The van der Waals surface area contributed by atoms with Crippen molar-refractivity contribution < 1.29 is 9.53 Å². The molecule has 0 spiro atoms. The molecule has 0 amide bonds. The molecule has 15 heavy (non-hydrogen) atoms. The summed E-state index contributed by atoms with van der Waals surface area (Å²) in [6.07, 6.45) is 1.64. The lowest BCUT2D eigenvalue weighted by molar-refractivity contribution is -0.142. The van der Waals surface area contributed by atoms with E-state index in [4.69, 9.17) is 16.3 Å². The van der Waals surface area contributed by atoms with Gasteiger partial charge in [-0.3, -0.25) is 4.79 Å². The maximum Gasteiger partial charge on any atom is 0.319 e. The summed E-state index contributed by atoms with van der Waals surface area (Å²) in [5.41, 5.74) is 0. The maximum absolute atomic E-state index is 11.3. The normalized spacial score (nSPS) is 12.2. The zero-order valence-electron chi connectivity index (χ0n) is 8.57. The van der Waals surface area contributed by atoms with E-state index >= 15 is 0 Å². The van der Waals surface area contributed by atoms with Gasteiger partial charge in [0.25, 0.3) is 0 Å². The molecule has 1 aromatic rings. The molecule has 0 N–H and O–H groups in total. The van der Waals surface area contributed by atoms with Gasteiger partial charge in [0, 0.05) is 6.20 Å². The molecule has 1 aromatic heterocycles. The van der Waals surface area contributed by atoms with Crippen LogP contribution in [0.3, 0.4) is 0 Å². The SMILES string of the molecule is CCOC(=O)C(C)Sc1ncccc1Cl. The molecule has 3 nitrogen and oxygen atoms in total. The van der Waals surface area contributed by atoms with Crippen LogP contribution >= 0.6 is 23.4 Å². The van der Waals surface area contributed by atoms with Crippen LogP contribution in [0.5, 0.6) is 0 Å². The van der Waals surface area contributed by atoms with Gasteiger partial charge in [-0.25, -0.2) is 4.98 Å². The lowest BCUT2D eigenvalue weighted by atomic mass is 10.5. The number of halogens is 1. The van der Waals surface area contributed by atoms with E-state index in [0.29, 0.717) is 16.7 Å². The highest BCUT2D eigenvalue weighted by molar-refractivity contribution is 8.00. The van der Waals surface area contributed by atoms with Crippen LogP contribution in [0.2, 0.25) is 5.02 Å². The Bertz CT molecular complexity index is 346. The number of esters is 1. The summed E-state index contributed by atoms with van der Waals surface area (Å²) in [6.45, 7) is 3.94. The molecule has 0 aliphatic rings. The van der Waals surface area contributed by atoms with Gasteiger partial charge in [-0.15, -0.1) is 0 Å². The molecule has 0 fully saturated rings. The fraction of sp³-hybridized carbons (Fsp3) is 0.400. The molecule has 1 rings (SSSR count). The Morgan fingerprint density at radius 2 is 2.47 bits per heavy atom. The average Bonchev–Trinajstić information content (AvgIpc) is 2.21. The van der Waals surface area contributed by atoms with Gasteiger partial charge in [-0.05, 0) is 26.0 Å². The van der Waals surface area contributed by atoms with Crippen molar-refractivity contribution in [2.75, 3.05) is 6.61 Å². The molecule has 0 aromatic carbocycles. The molecule has 0 saturated heterocycles. The first kappa shape index (κ1) is 12.3. The number of carbonyl (C=O) groups excluding carboxylic acids is 1. The van der Waals surface area contributed by atoms with Gasteiger partial charge in [0.15, 0.2) is 0 Å². The average molecular weight is 246 g/mol. The second-order valence-electron chi connectivity index (χ2n) is 2.80. The lowest BCUT2D eigenvalue weighted by Gasteiger charge is -2.09. The third-order valence-corrected chi connectivity index (χ3v) is 3.14. The Hall–Kier alpha value is -0.740. The molecule has 0 aliphatic carbocycles. The Morgan fingerprint density at radius 3 is 3.07 bits per heavy atom. The van der Waals surface area contributed by atoms with Crippen LogP contribution in [0.15, 0.2) is 23.4 Å². The van der Waals surface area contributed by atoms with Crippen molar-refractivity contribution >= 4 is 29.3 Å². The van der Waals surface area contributed by atoms with Crippen LogP contribution in [-0.4, -0.2) is 22.8 Å². The summed E-state index contributed by atoms with van der Waals surface area (Å²) in [5, 5.41) is 0.913. The van der Waals surface area contributed by atoms with Crippen molar-refractivity contribution in [2.45, 2.75) is 24.1 Å². The van der Waals surface area contributed by atoms with Gasteiger partial charge in [0.1, 0.15) is 10.3 Å². The first-order valence-electron chi connectivity index (χ1n) is 4.59. The van der Waals surface area contributed by atoms with Gasteiger partial charge >= 0.3 is 5.97 Å². The number of hydrogen-bond acceptors (Lipinski definition) is 4. The van der Waals surface area contributed by atoms with E-state index in [1.807, 2.05) is 0 Å². The molecule has 0 radical (unpaired) electrons. The highest BCUT2D eigenvalue weighted by atomic mass is 35.5. The van der Waals surface area contributed by atoms with Crippen LogP contribution in [-0.2, 0) is 9.53 Å². The molecule has 1 atom stereocenters. The zero-order valence-corrected chi connectivity index (χ0v) is 10.1. The van der Waals surface area contributed by atoms with Crippen molar-refractivity contribution in [3.05, 3.63) is 23.4 Å². The van der Waals surface area contributed by atoms with Crippen molar-refractivity contribution in [3.63, 3.8) is 0 Å². The molecular formula is C10H12ClNO2S. The fourth-order valence-electron chi connectivity index (χ4n) is 0.933. The van der Waals surface area contributed by atoms with Crippen molar-refractivity contribution in [3.8, 4) is 0 Å². The molecule has 5 heteroatoms. The fourth-order valence-corrected chi connectivity index (χ4v) is 1.99. The van der Waals surface area contributed by atoms with Crippen LogP contribution in [0, 0.1) is 0 Å². The van der Waals surface area contributed by atoms with E-state index in [2.05, 4.69) is 4.98 Å². The molecule has 82 valence electrons. The second-order valence-corrected chi connectivity index (χ2v) is 4.54. The van der Waals surface area contributed by atoms with Gasteiger partial charge < -0.3 is 4.74 Å². The number of pyridine rings is 1. The third-order valence-electron chi connectivity index (χ3n) is 1.63. The lowest BCUT2D eigenvalue weighted by Crippen LogP contribution is -2.16. The minimum Gasteiger partial charge on any atom is -0.465 e. The van der Waals surface area contributed by atoms with Crippen LogP contribution < -0.4 is 0 Å². The summed E-state index contributed by atoms with van der Waals surface area (Å²) >= 11 is 7.22. The number of thioether (sulfide) groups is 1. The quantitative estimate of drug-likeness (QED) is 0.604. The molecule has 1 unspecified atom stereocenters. The van der Waals surface area contributed by atoms with Gasteiger partial charge in [-0.2, -0.15) is 0 Å². The highest BCUT2D eigenvalue weighted by Gasteiger charge is 2.17. The predicted octanol–water partition coefficient (Wildman–Crippen LogP) is 2.78. The van der Waals surface area contributed by atoms with Crippen molar-refractivity contribution in [1.29, 1.82) is 0 Å². The smallest absolute Gasteiger partial charge is 0.319 e. The van der Waals surface area contributed by atoms with Gasteiger partial charge in [0.2, 0.25) is 0 Å². The number of hydrogen-bond donors (Lipinski definition) is 0. The van der Waals surface area contributed by atoms with E-state index in [1.54, 1.807) is 32.2 Å². The molecular weight excluding hydrogens is 234 g/mol. The summed E-state index contributed by atoms with van der Waals surface area (Å²) in [5.74, 6) is -0.246. The Balaban J connectivity index is 2.62. The predicted molar refractivity (Wildman–Crippen MR) is 61.2 cm³/mol. The van der Waals surface area contributed by atoms with Crippen molar-refractivity contribution in [1.82, 2.24) is 4.98 Å². The molecule has 0 aliphatic heterocycles. The number of nitrogens with zero attached hydrogens (tertiary/aromatic N) is 1. The molecule has 0 bridgehead atoms. The van der Waals surface area contributed by atoms with Crippen LogP contribution in [0.1, 0.15) is 13.8 Å². The van der Waals surface area contributed by atoms with Crippen LogP contribution in [0.25, 0.3) is 0 Å². The highest BCUT2D eigenvalue weighted by Crippen LogP contribution is 2.28. The first-order chi connectivity index (χ1) is 7.15. The number of aromatic nitrogens is 1. The van der Waals surface area contributed by atoms with Crippen molar-refractivity contribution in [2.24, 2.45) is 0 Å². The van der Waals surface area contributed by atoms with E-state index < -0.39 is 0 Å². The summed E-state index contributed by atoms with van der Waals surface area (Å²) < 4.78 is 4.89. The zero-order chi connectivity index (χ0) is 11.3. The maximum atomic E-state index is 11.3. The standard InChI is InChI=1S/C10H12ClNO2S/c1-3-14-10(13)7(2)15-9-8(11)5-4-6-12-9/h4-7H,3H2,1-2H3. The summed E-state index contributed by atoms with van der Waals surface area (Å²) in [6, 6.07) is 3.50. The minimum atomic E-state index is -0.294. The number of rotatable bonds is 4. The van der Waals surface area contributed by atoms with E-state index in [-0.39, 0.29) is 11.2 Å². The summed E-state index contributed by atoms with van der Waals surface area (Å²) in [7, 11) is 0. The molecule has 0 saturated carbocycles. The minimum absolute atomic E-state index is 0.246. The second kappa shape index (κ2) is 5.98. The Labute approximate surface area is 98.2 Å². The van der Waals surface area contributed by atoms with Gasteiger partial charge in [-0.1, -0.05) is 23.4 Å².